The second-order valence-electron chi connectivity index (χ2n) is 6.45. The molecule has 142 valence electrons. The zero-order valence-electron chi connectivity index (χ0n) is 15.0. The lowest BCUT2D eigenvalue weighted by Gasteiger charge is -2.26. The summed E-state index contributed by atoms with van der Waals surface area (Å²) in [6, 6.07) is -0.716. The summed E-state index contributed by atoms with van der Waals surface area (Å²) in [4.78, 5) is 25.7. The predicted octanol–water partition coefficient (Wildman–Crippen LogP) is 0.359. The van der Waals surface area contributed by atoms with Crippen LogP contribution in [0.15, 0.2) is 9.52 Å². The molecule has 1 aromatic heterocycles. The molecule has 0 radical (unpaired) electrons. The third-order valence-corrected chi connectivity index (χ3v) is 4.65. The summed E-state index contributed by atoms with van der Waals surface area (Å²) < 4.78 is 11.1. The number of hydrazone groups is 1. The van der Waals surface area contributed by atoms with E-state index in [4.69, 9.17) is 14.9 Å². The Hall–Kier alpha value is -2.39. The monoisotopic (exact) mass is 363 g/mol. The van der Waals surface area contributed by atoms with Crippen LogP contribution in [-0.2, 0) is 11.2 Å². The van der Waals surface area contributed by atoms with Crippen molar-refractivity contribution in [1.82, 2.24) is 15.6 Å². The van der Waals surface area contributed by atoms with E-state index in [0.29, 0.717) is 24.4 Å². The van der Waals surface area contributed by atoms with Crippen molar-refractivity contribution < 1.29 is 18.7 Å². The number of amides is 3. The van der Waals surface area contributed by atoms with Crippen molar-refractivity contribution in [2.24, 2.45) is 10.8 Å². The Bertz CT molecular complexity index is 706. The highest BCUT2D eigenvalue weighted by Crippen LogP contribution is 2.29. The number of hydrogen-bond donors (Lipinski definition) is 3. The molecule has 4 N–H and O–H groups in total. The highest BCUT2D eigenvalue weighted by molar-refractivity contribution is 6.06. The van der Waals surface area contributed by atoms with Gasteiger partial charge in [-0.25, -0.2) is 10.2 Å². The molecule has 9 nitrogen and oxygen atoms in total. The van der Waals surface area contributed by atoms with Gasteiger partial charge in [-0.3, -0.25) is 9.69 Å². The number of rotatable bonds is 5. The third kappa shape index (κ3) is 4.23. The van der Waals surface area contributed by atoms with Crippen LogP contribution in [0.4, 0.5) is 4.79 Å². The number of nitrogens with two attached hydrogens (primary N) is 1. The minimum atomic E-state index is -0.716. The fraction of sp³-hybridized carbons (Fsp3) is 0.588. The van der Waals surface area contributed by atoms with Gasteiger partial charge in [-0.15, -0.1) is 0 Å². The minimum absolute atomic E-state index is 0.229. The van der Waals surface area contributed by atoms with Gasteiger partial charge < -0.3 is 20.2 Å². The number of morpholine rings is 1. The molecular weight excluding hydrogens is 338 g/mol. The van der Waals surface area contributed by atoms with Gasteiger partial charge in [0.05, 0.1) is 18.9 Å². The van der Waals surface area contributed by atoms with Crippen molar-refractivity contribution in [2.45, 2.75) is 26.2 Å². The van der Waals surface area contributed by atoms with E-state index in [1.54, 1.807) is 0 Å². The molecule has 1 saturated heterocycles. The maximum Gasteiger partial charge on any atom is 0.332 e. The summed E-state index contributed by atoms with van der Waals surface area (Å²) in [7, 11) is 0. The molecule has 3 amide bonds. The number of aryl methyl sites for hydroxylation is 1. The lowest BCUT2D eigenvalue weighted by molar-refractivity contribution is 0.0382. The fourth-order valence-corrected chi connectivity index (χ4v) is 3.35. The van der Waals surface area contributed by atoms with E-state index < -0.39 is 6.03 Å². The Kier molecular flexibility index (Phi) is 5.89. The summed E-state index contributed by atoms with van der Waals surface area (Å²) in [6.45, 7) is 6.41. The lowest BCUT2D eigenvalue weighted by Crippen LogP contribution is -2.41. The maximum atomic E-state index is 12.5. The number of carbonyl (C=O) groups excluding carboxylic acids is 2. The second kappa shape index (κ2) is 8.33. The van der Waals surface area contributed by atoms with E-state index in [-0.39, 0.29) is 5.91 Å². The van der Waals surface area contributed by atoms with Gasteiger partial charge in [0.1, 0.15) is 5.76 Å². The zero-order valence-corrected chi connectivity index (χ0v) is 15.0. The minimum Gasteiger partial charge on any atom is -0.455 e. The smallest absolute Gasteiger partial charge is 0.332 e. The first-order valence-corrected chi connectivity index (χ1v) is 8.89. The molecule has 3 rings (SSSR count). The van der Waals surface area contributed by atoms with Gasteiger partial charge in [-0.1, -0.05) is 0 Å². The fourth-order valence-electron chi connectivity index (χ4n) is 3.35. The first kappa shape index (κ1) is 18.4. The number of primary amides is 1. The van der Waals surface area contributed by atoms with Crippen molar-refractivity contribution in [1.29, 1.82) is 0 Å². The van der Waals surface area contributed by atoms with Crippen LogP contribution in [0.5, 0.6) is 0 Å². The van der Waals surface area contributed by atoms with Crippen LogP contribution < -0.4 is 16.5 Å². The number of hydrogen-bond acceptors (Lipinski definition) is 6. The van der Waals surface area contributed by atoms with Crippen LogP contribution in [0, 0.1) is 6.92 Å². The molecule has 1 aromatic rings. The first-order valence-electron chi connectivity index (χ1n) is 8.89. The molecule has 1 aliphatic carbocycles. The van der Waals surface area contributed by atoms with Gasteiger partial charge in [0.2, 0.25) is 0 Å². The standard InChI is InChI=1S/C17H25N5O4/c1-11-14-12(20-21-17(18)24)3-2-4-13(14)26-15(11)16(23)19-5-6-22-7-9-25-10-8-22/h2-10H2,1H3,(H,19,23)(H3,18,21,24)/b20-12+. The maximum absolute atomic E-state index is 12.5. The van der Waals surface area contributed by atoms with Crippen LogP contribution in [0.3, 0.4) is 0 Å². The van der Waals surface area contributed by atoms with Crippen molar-refractivity contribution >= 4 is 17.6 Å². The quantitative estimate of drug-likeness (QED) is 0.652. The van der Waals surface area contributed by atoms with Crippen LogP contribution in [0.1, 0.15) is 40.3 Å². The Morgan fingerprint density at radius 2 is 2.04 bits per heavy atom. The van der Waals surface area contributed by atoms with E-state index in [9.17, 15) is 9.59 Å². The van der Waals surface area contributed by atoms with Gasteiger partial charge in [-0.05, 0) is 19.8 Å². The van der Waals surface area contributed by atoms with Gasteiger partial charge in [0.15, 0.2) is 5.76 Å². The highest BCUT2D eigenvalue weighted by Gasteiger charge is 2.28. The molecule has 26 heavy (non-hydrogen) atoms. The highest BCUT2D eigenvalue weighted by atomic mass is 16.5. The summed E-state index contributed by atoms with van der Waals surface area (Å²) >= 11 is 0. The van der Waals surface area contributed by atoms with Gasteiger partial charge in [0, 0.05) is 43.7 Å². The average molecular weight is 363 g/mol. The average Bonchev–Trinajstić information content (AvgIpc) is 2.98. The molecular formula is C17H25N5O4. The number of urea groups is 1. The topological polar surface area (TPSA) is 122 Å². The van der Waals surface area contributed by atoms with Crippen LogP contribution in [0.2, 0.25) is 0 Å². The summed E-state index contributed by atoms with van der Waals surface area (Å²) in [5, 5.41) is 6.98. The van der Waals surface area contributed by atoms with Gasteiger partial charge in [0.25, 0.3) is 5.91 Å². The van der Waals surface area contributed by atoms with Crippen molar-refractivity contribution in [2.75, 3.05) is 39.4 Å². The number of ether oxygens (including phenoxy) is 1. The number of nitrogens with one attached hydrogen (secondary N) is 2. The summed E-state index contributed by atoms with van der Waals surface area (Å²) in [6.07, 6.45) is 2.29. The zero-order chi connectivity index (χ0) is 18.5. The molecule has 0 aromatic carbocycles. The molecule has 1 fully saturated rings. The SMILES string of the molecule is Cc1c(C(=O)NCCN2CCOCC2)oc2c1/C(=N/NC(N)=O)CCC2. The van der Waals surface area contributed by atoms with Crippen molar-refractivity contribution in [3.05, 3.63) is 22.6 Å². The Morgan fingerprint density at radius 1 is 1.27 bits per heavy atom. The molecule has 2 heterocycles. The largest absolute Gasteiger partial charge is 0.455 e. The third-order valence-electron chi connectivity index (χ3n) is 4.65. The van der Waals surface area contributed by atoms with E-state index in [1.807, 2.05) is 6.92 Å². The van der Waals surface area contributed by atoms with Crippen LogP contribution in [0.25, 0.3) is 0 Å². The van der Waals surface area contributed by atoms with Gasteiger partial charge in [-0.2, -0.15) is 5.10 Å². The van der Waals surface area contributed by atoms with E-state index >= 15 is 0 Å². The number of fused-ring (bicyclic) bond motifs is 1. The summed E-state index contributed by atoms with van der Waals surface area (Å²) in [5.41, 5.74) is 9.59. The number of nitrogens with zero attached hydrogens (tertiary/aromatic N) is 2. The predicted molar refractivity (Wildman–Crippen MR) is 95.2 cm³/mol. The molecule has 0 atom stereocenters. The van der Waals surface area contributed by atoms with Crippen LogP contribution >= 0.6 is 0 Å². The van der Waals surface area contributed by atoms with Crippen molar-refractivity contribution in [3.63, 3.8) is 0 Å². The molecule has 0 bridgehead atoms. The number of furan rings is 1. The summed E-state index contributed by atoms with van der Waals surface area (Å²) in [5.74, 6) is 0.815. The Balaban J connectivity index is 1.66. The molecule has 0 spiro atoms. The molecule has 0 saturated carbocycles. The second-order valence-corrected chi connectivity index (χ2v) is 6.45. The molecule has 0 unspecified atom stereocenters. The first-order chi connectivity index (χ1) is 12.6. The Labute approximate surface area is 151 Å². The normalized spacial score (nSPS) is 19.2. The molecule has 2 aliphatic rings. The number of carbonyl (C=O) groups is 2. The molecule has 9 heteroatoms. The van der Waals surface area contributed by atoms with Crippen LogP contribution in [-0.4, -0.2) is 61.9 Å². The van der Waals surface area contributed by atoms with E-state index in [1.165, 1.54) is 0 Å². The molecule has 1 aliphatic heterocycles. The lowest BCUT2D eigenvalue weighted by atomic mass is 9.93. The van der Waals surface area contributed by atoms with E-state index in [0.717, 1.165) is 62.6 Å². The Morgan fingerprint density at radius 3 is 2.77 bits per heavy atom. The van der Waals surface area contributed by atoms with Gasteiger partial charge >= 0.3 is 6.03 Å². The van der Waals surface area contributed by atoms with E-state index in [2.05, 4.69) is 20.7 Å². The van der Waals surface area contributed by atoms with Crippen molar-refractivity contribution in [3.8, 4) is 0 Å².